The van der Waals surface area contributed by atoms with Crippen LogP contribution in [0.1, 0.15) is 70.6 Å². The van der Waals surface area contributed by atoms with Crippen LogP contribution >= 0.6 is 0 Å². The van der Waals surface area contributed by atoms with Crippen molar-refractivity contribution in [1.82, 2.24) is 14.6 Å². The average molecular weight is 443 g/mol. The molecule has 1 unspecified atom stereocenters. The topological polar surface area (TPSA) is 71.7 Å². The Bertz CT molecular complexity index is 913. The van der Waals surface area contributed by atoms with Gasteiger partial charge in [0.25, 0.3) is 0 Å². The molecule has 0 spiro atoms. The lowest BCUT2D eigenvalue weighted by atomic mass is 9.85. The molecule has 0 aliphatic heterocycles. The number of ether oxygens (including phenoxy) is 1. The second-order valence-electron chi connectivity index (χ2n) is 8.96. The average Bonchev–Trinajstić information content (AvgIpc) is 3.14. The molecule has 0 radical (unpaired) electrons. The molecule has 2 aromatic heterocycles. The summed E-state index contributed by atoms with van der Waals surface area (Å²) in [4.78, 5) is 4.57. The van der Waals surface area contributed by atoms with Crippen LogP contribution in [0.25, 0.3) is 5.52 Å². The van der Waals surface area contributed by atoms with E-state index in [1.54, 1.807) is 7.11 Å². The highest BCUT2D eigenvalue weighted by atomic mass is 28.3. The van der Waals surface area contributed by atoms with Crippen molar-refractivity contribution in [2.45, 2.75) is 89.6 Å². The number of nitrogens with zero attached hydrogens (tertiary/aromatic N) is 3. The summed E-state index contributed by atoms with van der Waals surface area (Å²) in [5, 5.41) is 18.1. The molecule has 1 atom stereocenters. The number of fused-ring (bicyclic) bond motifs is 1. The summed E-state index contributed by atoms with van der Waals surface area (Å²) < 4.78 is 7.27. The molecule has 1 aliphatic rings. The number of hydrogen-bond donors (Lipinski definition) is 2. The molecule has 1 saturated carbocycles. The Hall–Kier alpha value is -1.88. The molecule has 1 aliphatic carbocycles. The lowest BCUT2D eigenvalue weighted by molar-refractivity contribution is 0.121. The molecule has 170 valence electrons. The first-order valence-corrected chi connectivity index (χ1v) is 14.4. The Morgan fingerprint density at radius 1 is 1.23 bits per heavy atom. The van der Waals surface area contributed by atoms with E-state index in [-0.39, 0.29) is 12.1 Å². The van der Waals surface area contributed by atoms with Gasteiger partial charge in [-0.25, -0.2) is 9.50 Å². The molecule has 0 bridgehead atoms. The molecule has 2 aromatic rings. The zero-order valence-electron chi connectivity index (χ0n) is 19.7. The summed E-state index contributed by atoms with van der Waals surface area (Å²) in [6.45, 7) is 9.50. The smallest absolute Gasteiger partial charge is 0.241 e. The summed E-state index contributed by atoms with van der Waals surface area (Å²) in [5.41, 5.74) is 6.92. The van der Waals surface area contributed by atoms with Crippen LogP contribution < -0.4 is 5.32 Å². The summed E-state index contributed by atoms with van der Waals surface area (Å²) in [6.07, 6.45) is 5.37. The van der Waals surface area contributed by atoms with Crippen molar-refractivity contribution in [3.05, 3.63) is 23.5 Å². The van der Waals surface area contributed by atoms with Crippen molar-refractivity contribution < 1.29 is 9.84 Å². The van der Waals surface area contributed by atoms with Crippen LogP contribution in [0.3, 0.4) is 0 Å². The summed E-state index contributed by atoms with van der Waals surface area (Å²) in [7, 11) is 0.156. The second-order valence-corrected chi connectivity index (χ2v) is 13.9. The van der Waals surface area contributed by atoms with Gasteiger partial charge in [-0.2, -0.15) is 0 Å². The number of methoxy groups -OCH3 is 1. The van der Waals surface area contributed by atoms with Crippen molar-refractivity contribution in [2.75, 3.05) is 19.0 Å². The van der Waals surface area contributed by atoms with Crippen LogP contribution in [0.5, 0.6) is 0 Å². The number of anilines is 1. The third-order valence-electron chi connectivity index (χ3n) is 6.94. The van der Waals surface area contributed by atoms with E-state index < -0.39 is 8.07 Å². The van der Waals surface area contributed by atoms with Crippen LogP contribution in [0.2, 0.25) is 18.1 Å². The van der Waals surface area contributed by atoms with Crippen molar-refractivity contribution in [2.24, 2.45) is 0 Å². The Kier molecular flexibility index (Phi) is 8.15. The maximum atomic E-state index is 9.97. The quantitative estimate of drug-likeness (QED) is 0.462. The fourth-order valence-corrected chi connectivity index (χ4v) is 7.00. The molecular formula is C24H38N4O2Si. The van der Waals surface area contributed by atoms with Gasteiger partial charge in [0.2, 0.25) is 5.95 Å². The molecule has 1 fully saturated rings. The number of aromatic nitrogens is 3. The van der Waals surface area contributed by atoms with Crippen molar-refractivity contribution in [3.63, 3.8) is 0 Å². The number of rotatable bonds is 8. The molecule has 0 amide bonds. The molecular weight excluding hydrogens is 404 g/mol. The minimum absolute atomic E-state index is 0.121. The Morgan fingerprint density at radius 2 is 1.90 bits per heavy atom. The first kappa shape index (κ1) is 23.8. The highest BCUT2D eigenvalue weighted by Crippen LogP contribution is 2.34. The van der Waals surface area contributed by atoms with Gasteiger partial charge in [0.05, 0.1) is 30.0 Å². The molecule has 0 aromatic carbocycles. The standard InChI is InChI=1S/C24H38N4O2Si/c1-6-31(7-2,8-3)14-13-20-15-22(19-9-11-21(29)12-10-19)28-23(20)16-25-24(27-28)26-18(4)17-30-5/h15-16,18-19,21,29H,6-12,17H2,1-5H3,(H,26,27)/t18?,19-,21-. The van der Waals surface area contributed by atoms with Gasteiger partial charge in [0.1, 0.15) is 8.07 Å². The van der Waals surface area contributed by atoms with E-state index in [1.165, 1.54) is 23.8 Å². The predicted molar refractivity (Wildman–Crippen MR) is 129 cm³/mol. The first-order valence-electron chi connectivity index (χ1n) is 11.8. The number of aliphatic hydroxyl groups is 1. The number of nitrogens with one attached hydrogen (secondary N) is 1. The van der Waals surface area contributed by atoms with E-state index in [0.29, 0.717) is 18.5 Å². The van der Waals surface area contributed by atoms with Crippen molar-refractivity contribution in [1.29, 1.82) is 0 Å². The van der Waals surface area contributed by atoms with Gasteiger partial charge >= 0.3 is 0 Å². The summed E-state index contributed by atoms with van der Waals surface area (Å²) in [5.74, 6) is 4.54. The SMILES string of the molecule is CC[Si](C#Cc1cc([C@H]2CC[C@H](O)CC2)n2nc(NC(C)COC)ncc12)(CC)CC. The lowest BCUT2D eigenvalue weighted by Gasteiger charge is -2.25. The molecule has 6 nitrogen and oxygen atoms in total. The maximum Gasteiger partial charge on any atom is 0.241 e. The van der Waals surface area contributed by atoms with Crippen molar-refractivity contribution >= 4 is 19.5 Å². The predicted octanol–water partition coefficient (Wildman–Crippen LogP) is 4.59. The van der Waals surface area contributed by atoms with E-state index in [4.69, 9.17) is 9.84 Å². The molecule has 2 heterocycles. The van der Waals surface area contributed by atoms with Crippen LogP contribution in [0, 0.1) is 11.5 Å². The fourth-order valence-electron chi connectivity index (χ4n) is 4.57. The maximum absolute atomic E-state index is 9.97. The minimum Gasteiger partial charge on any atom is -0.393 e. The van der Waals surface area contributed by atoms with E-state index in [2.05, 4.69) is 55.5 Å². The third kappa shape index (κ3) is 5.49. The second kappa shape index (κ2) is 10.6. The van der Waals surface area contributed by atoms with Gasteiger partial charge < -0.3 is 15.2 Å². The van der Waals surface area contributed by atoms with Gasteiger partial charge in [-0.1, -0.05) is 26.7 Å². The molecule has 31 heavy (non-hydrogen) atoms. The van der Waals surface area contributed by atoms with E-state index in [0.717, 1.165) is 36.8 Å². The zero-order chi connectivity index (χ0) is 22.4. The fraction of sp³-hybridized carbons (Fsp3) is 0.667. The Morgan fingerprint density at radius 3 is 2.52 bits per heavy atom. The highest BCUT2D eigenvalue weighted by Gasteiger charge is 2.26. The summed E-state index contributed by atoms with van der Waals surface area (Å²) >= 11 is 0. The van der Waals surface area contributed by atoms with Gasteiger partial charge in [0.15, 0.2) is 0 Å². The lowest BCUT2D eigenvalue weighted by Crippen LogP contribution is -2.29. The number of aliphatic hydroxyl groups excluding tert-OH is 1. The number of hydrogen-bond acceptors (Lipinski definition) is 5. The van der Waals surface area contributed by atoms with Crippen LogP contribution in [-0.4, -0.2) is 53.6 Å². The normalized spacial score (nSPS) is 20.3. The molecule has 3 rings (SSSR count). The first-order chi connectivity index (χ1) is 14.9. The van der Waals surface area contributed by atoms with E-state index >= 15 is 0 Å². The summed E-state index contributed by atoms with van der Waals surface area (Å²) in [6, 6.07) is 5.91. The monoisotopic (exact) mass is 442 g/mol. The zero-order valence-corrected chi connectivity index (χ0v) is 20.7. The minimum atomic E-state index is -1.54. The van der Waals surface area contributed by atoms with Crippen molar-refractivity contribution in [3.8, 4) is 11.5 Å². The third-order valence-corrected chi connectivity index (χ3v) is 11.7. The van der Waals surface area contributed by atoms with E-state index in [1.807, 2.05) is 10.7 Å². The largest absolute Gasteiger partial charge is 0.393 e. The Balaban J connectivity index is 2.03. The van der Waals surface area contributed by atoms with Crippen LogP contribution in [-0.2, 0) is 4.74 Å². The van der Waals surface area contributed by atoms with Crippen LogP contribution in [0.15, 0.2) is 12.3 Å². The molecule has 7 heteroatoms. The van der Waals surface area contributed by atoms with Gasteiger partial charge in [-0.15, -0.1) is 10.6 Å². The van der Waals surface area contributed by atoms with Gasteiger partial charge in [-0.05, 0) is 56.8 Å². The highest BCUT2D eigenvalue weighted by molar-refractivity contribution is 6.87. The van der Waals surface area contributed by atoms with Gasteiger partial charge in [-0.3, -0.25) is 0 Å². The Labute approximate surface area is 187 Å². The molecule has 0 saturated heterocycles. The molecule has 2 N–H and O–H groups in total. The van der Waals surface area contributed by atoms with Crippen LogP contribution in [0.4, 0.5) is 5.95 Å². The van der Waals surface area contributed by atoms with E-state index in [9.17, 15) is 5.11 Å². The van der Waals surface area contributed by atoms with Gasteiger partial charge in [0, 0.05) is 24.8 Å².